The van der Waals surface area contributed by atoms with E-state index in [9.17, 15) is 9.59 Å². The number of hydrogen-bond donors (Lipinski definition) is 2. The van der Waals surface area contributed by atoms with Crippen LogP contribution in [0.1, 0.15) is 273 Å². The van der Waals surface area contributed by atoms with Crippen molar-refractivity contribution in [2.24, 2.45) is 0 Å². The van der Waals surface area contributed by atoms with E-state index in [0.29, 0.717) is 12.8 Å². The topological polar surface area (TPSA) is 58.2 Å². The van der Waals surface area contributed by atoms with E-state index in [0.717, 1.165) is 38.8 Å². The predicted molar refractivity (Wildman–Crippen MR) is 266 cm³/mol. The highest BCUT2D eigenvalue weighted by Crippen LogP contribution is 2.17. The third-order valence-electron chi connectivity index (χ3n) is 14.5. The zero-order valence-electron chi connectivity index (χ0n) is 42.2. The molecule has 0 radical (unpaired) electrons. The average Bonchev–Trinajstić information content (AvgIpc) is 3.26. The van der Waals surface area contributed by atoms with E-state index in [4.69, 9.17) is 0 Å². The first-order valence-corrected chi connectivity index (χ1v) is 27.6. The molecular formula is C54H112N4O2+2. The van der Waals surface area contributed by atoms with Crippen LogP contribution >= 0.6 is 0 Å². The van der Waals surface area contributed by atoms with Gasteiger partial charge in [0.25, 0.3) is 0 Å². The van der Waals surface area contributed by atoms with Crippen molar-refractivity contribution in [3.05, 3.63) is 0 Å². The lowest BCUT2D eigenvalue weighted by Crippen LogP contribution is -2.49. The van der Waals surface area contributed by atoms with Crippen LogP contribution in [0, 0.1) is 0 Å². The molecule has 60 heavy (non-hydrogen) atoms. The van der Waals surface area contributed by atoms with Crippen LogP contribution in [0.15, 0.2) is 0 Å². The Labute approximate surface area is 377 Å². The van der Waals surface area contributed by atoms with Gasteiger partial charge in [-0.1, -0.05) is 181 Å². The predicted octanol–water partition coefficient (Wildman–Crippen LogP) is 15.0. The van der Waals surface area contributed by atoms with Gasteiger partial charge in [0, 0.05) is 38.8 Å². The minimum absolute atomic E-state index is 0.264. The van der Waals surface area contributed by atoms with Crippen molar-refractivity contribution in [3.63, 3.8) is 0 Å². The van der Waals surface area contributed by atoms with Crippen molar-refractivity contribution in [2.45, 2.75) is 273 Å². The number of carbonyl (C=O) groups is 2. The molecule has 0 aromatic heterocycles. The highest BCUT2D eigenvalue weighted by molar-refractivity contribution is 5.76. The van der Waals surface area contributed by atoms with Gasteiger partial charge in [-0.25, -0.2) is 0 Å². The average molecular weight is 850 g/mol. The van der Waals surface area contributed by atoms with Crippen molar-refractivity contribution < 1.29 is 18.6 Å². The van der Waals surface area contributed by atoms with Crippen LogP contribution < -0.4 is 10.6 Å². The molecule has 358 valence electrons. The zero-order chi connectivity index (χ0) is 44.1. The fourth-order valence-corrected chi connectivity index (χ4v) is 9.61. The summed E-state index contributed by atoms with van der Waals surface area (Å²) in [5.74, 6) is 0.529. The zero-order valence-corrected chi connectivity index (χ0v) is 42.2. The summed E-state index contributed by atoms with van der Waals surface area (Å²) in [6.07, 6.45) is 46.6. The summed E-state index contributed by atoms with van der Waals surface area (Å²) >= 11 is 0. The van der Waals surface area contributed by atoms with E-state index in [2.05, 4.69) is 52.2 Å². The first-order chi connectivity index (χ1) is 29.4. The molecule has 0 atom stereocenters. The lowest BCUT2D eigenvalue weighted by Gasteiger charge is -2.37. The molecule has 0 aromatic carbocycles. The molecule has 0 unspecified atom stereocenters. The van der Waals surface area contributed by atoms with E-state index in [1.807, 2.05) is 0 Å². The Bertz CT molecular complexity index is 830. The van der Waals surface area contributed by atoms with Crippen LogP contribution in [0.3, 0.4) is 0 Å². The molecule has 0 aliphatic heterocycles. The number of hydrogen-bond acceptors (Lipinski definition) is 2. The van der Waals surface area contributed by atoms with Gasteiger partial charge in [0.2, 0.25) is 11.8 Å². The molecule has 0 rings (SSSR count). The van der Waals surface area contributed by atoms with Crippen LogP contribution in [0.5, 0.6) is 0 Å². The molecule has 0 aromatic rings. The Morgan fingerprint density at radius 2 is 0.500 bits per heavy atom. The third kappa shape index (κ3) is 36.4. The van der Waals surface area contributed by atoms with Gasteiger partial charge in [-0.15, -0.1) is 0 Å². The quantitative estimate of drug-likeness (QED) is 0.0473. The molecule has 0 aliphatic carbocycles. The molecule has 0 aliphatic rings. The Balaban J connectivity index is 3.85. The van der Waals surface area contributed by atoms with Gasteiger partial charge in [-0.2, -0.15) is 0 Å². The molecule has 0 saturated heterocycles. The highest BCUT2D eigenvalue weighted by Gasteiger charge is 2.23. The van der Waals surface area contributed by atoms with Crippen molar-refractivity contribution in [3.8, 4) is 0 Å². The van der Waals surface area contributed by atoms with Gasteiger partial charge in [0.05, 0.1) is 52.4 Å². The second-order valence-corrected chi connectivity index (χ2v) is 19.4. The minimum Gasteiger partial charge on any atom is -0.356 e. The van der Waals surface area contributed by atoms with Crippen LogP contribution in [0.2, 0.25) is 0 Å². The van der Waals surface area contributed by atoms with Crippen LogP contribution in [-0.4, -0.2) is 86.2 Å². The summed E-state index contributed by atoms with van der Waals surface area (Å²) in [6, 6.07) is 0. The highest BCUT2D eigenvalue weighted by atomic mass is 16.2. The van der Waals surface area contributed by atoms with E-state index in [1.165, 1.54) is 254 Å². The molecule has 0 fully saturated rings. The Morgan fingerprint density at radius 3 is 0.750 bits per heavy atom. The Kier molecular flexibility index (Phi) is 43.6. The largest absolute Gasteiger partial charge is 0.356 e. The fraction of sp³-hybridized carbons (Fsp3) is 0.963. The smallest absolute Gasteiger partial charge is 0.219 e. The number of nitrogens with zero attached hydrogens (tertiary/aromatic N) is 2. The van der Waals surface area contributed by atoms with Crippen LogP contribution in [0.25, 0.3) is 0 Å². The normalized spacial score (nSPS) is 12.0. The fourth-order valence-electron chi connectivity index (χ4n) is 9.61. The second-order valence-electron chi connectivity index (χ2n) is 19.4. The molecular weight excluding hydrogens is 737 g/mol. The standard InChI is InChI=1S/C54H110N4O2/c1-7-13-15-17-19-21-23-27-31-35-39-45-53(59)55-47-43-51-57(9-3,10-4)49-41-37-33-29-25-26-30-34-38-42-50-58(11-5,12-6)52-44-48-56-54(60)46-40-36-32-28-24-22-20-18-16-14-8-2/h7-52H2,1-6H3/p+2. The van der Waals surface area contributed by atoms with Crippen molar-refractivity contribution >= 4 is 11.8 Å². The summed E-state index contributed by atoms with van der Waals surface area (Å²) in [5.41, 5.74) is 0. The summed E-state index contributed by atoms with van der Waals surface area (Å²) in [7, 11) is 0. The number of rotatable bonds is 49. The van der Waals surface area contributed by atoms with Crippen molar-refractivity contribution in [1.82, 2.24) is 10.6 Å². The lowest BCUT2D eigenvalue weighted by atomic mass is 10.1. The van der Waals surface area contributed by atoms with Gasteiger partial charge in [-0.05, 0) is 66.2 Å². The molecule has 6 nitrogen and oxygen atoms in total. The minimum atomic E-state index is 0.264. The summed E-state index contributed by atoms with van der Waals surface area (Å²) < 4.78 is 2.42. The van der Waals surface area contributed by atoms with E-state index >= 15 is 0 Å². The monoisotopic (exact) mass is 849 g/mol. The van der Waals surface area contributed by atoms with Gasteiger partial charge in [0.15, 0.2) is 0 Å². The molecule has 2 N–H and O–H groups in total. The SMILES string of the molecule is CCCCCCCCCCCCCC(=O)NCCC[N+](CC)(CC)CCCCCCCCCCCC[N+](CC)(CC)CCCNC(=O)CCCCCCCCCCCCC. The van der Waals surface area contributed by atoms with E-state index in [1.54, 1.807) is 0 Å². The number of nitrogens with one attached hydrogen (secondary N) is 2. The molecule has 0 bridgehead atoms. The number of carbonyl (C=O) groups excluding carboxylic acids is 2. The van der Waals surface area contributed by atoms with Crippen molar-refractivity contribution in [1.29, 1.82) is 0 Å². The first-order valence-electron chi connectivity index (χ1n) is 27.6. The van der Waals surface area contributed by atoms with Gasteiger partial charge < -0.3 is 19.6 Å². The molecule has 2 amide bonds. The third-order valence-corrected chi connectivity index (χ3v) is 14.5. The maximum absolute atomic E-state index is 12.4. The number of unbranched alkanes of at least 4 members (excludes halogenated alkanes) is 29. The van der Waals surface area contributed by atoms with Crippen LogP contribution in [-0.2, 0) is 9.59 Å². The number of amides is 2. The van der Waals surface area contributed by atoms with Gasteiger partial charge >= 0.3 is 0 Å². The molecule has 0 heterocycles. The molecule has 0 spiro atoms. The maximum Gasteiger partial charge on any atom is 0.219 e. The van der Waals surface area contributed by atoms with Crippen molar-refractivity contribution in [2.75, 3.05) is 65.4 Å². The summed E-state index contributed by atoms with van der Waals surface area (Å²) in [5, 5.41) is 6.46. The first kappa shape index (κ1) is 58.9. The summed E-state index contributed by atoms with van der Waals surface area (Å²) in [6.45, 7) is 25.5. The number of quaternary nitrogens is 2. The Morgan fingerprint density at radius 1 is 0.283 bits per heavy atom. The molecule has 0 saturated carbocycles. The lowest BCUT2D eigenvalue weighted by molar-refractivity contribution is -0.925. The second kappa shape index (κ2) is 44.5. The Hall–Kier alpha value is -1.14. The van der Waals surface area contributed by atoms with E-state index < -0.39 is 0 Å². The van der Waals surface area contributed by atoms with Gasteiger partial charge in [-0.3, -0.25) is 9.59 Å². The van der Waals surface area contributed by atoms with Crippen LogP contribution in [0.4, 0.5) is 0 Å². The van der Waals surface area contributed by atoms with E-state index in [-0.39, 0.29) is 11.8 Å². The van der Waals surface area contributed by atoms with Gasteiger partial charge in [0.1, 0.15) is 0 Å². The summed E-state index contributed by atoms with van der Waals surface area (Å²) in [4.78, 5) is 24.8. The molecule has 6 heteroatoms. The maximum atomic E-state index is 12.4.